The topological polar surface area (TPSA) is 107 Å². The van der Waals surface area contributed by atoms with Crippen LogP contribution in [0.4, 0.5) is 11.5 Å². The Morgan fingerprint density at radius 1 is 1.03 bits per heavy atom. The van der Waals surface area contributed by atoms with Crippen LogP contribution in [-0.4, -0.2) is 61.5 Å². The van der Waals surface area contributed by atoms with Gasteiger partial charge in [-0.1, -0.05) is 24.8 Å². The van der Waals surface area contributed by atoms with Crippen LogP contribution in [0, 0.1) is 0 Å². The number of rotatable bonds is 4. The van der Waals surface area contributed by atoms with E-state index in [9.17, 15) is 4.79 Å². The summed E-state index contributed by atoms with van der Waals surface area (Å²) in [7, 11) is 0. The number of benzene rings is 1. The fraction of sp³-hybridized carbons (Fsp3) is 0.241. The lowest BCUT2D eigenvalue weighted by Gasteiger charge is -2.38. The Morgan fingerprint density at radius 3 is 2.74 bits per heavy atom. The zero-order valence-corrected chi connectivity index (χ0v) is 21.4. The first kappa shape index (κ1) is 23.4. The molecule has 10 nitrogen and oxygen atoms in total. The number of amides is 1. The number of aromatic nitrogens is 5. The minimum Gasteiger partial charge on any atom is -0.382 e. The standard InChI is InChI=1S/C29H28N8O2/c1-19-4-2-7-25-29(38)35(13-12-34(19)25)22-6-3-5-20(16-22)26-17-23(27-28(30)31-18-33-37(26)27)24-8-11-32-36(24)21-9-14-39-15-10-21/h2-8,11,16-18,21H,1,9-10,12-15H2,(H2,30,31,33). The van der Waals surface area contributed by atoms with E-state index >= 15 is 0 Å². The average molecular weight is 521 g/mol. The monoisotopic (exact) mass is 520 g/mol. The molecule has 2 N–H and O–H groups in total. The molecule has 0 spiro atoms. The molecule has 3 aliphatic heterocycles. The van der Waals surface area contributed by atoms with Crippen molar-refractivity contribution in [2.45, 2.75) is 18.9 Å². The van der Waals surface area contributed by atoms with Gasteiger partial charge in [-0.15, -0.1) is 0 Å². The molecular formula is C29H28N8O2. The van der Waals surface area contributed by atoms with E-state index in [-0.39, 0.29) is 11.9 Å². The third-order valence-electron chi connectivity index (χ3n) is 7.71. The average Bonchev–Trinajstić information content (AvgIpc) is 3.60. The molecule has 0 unspecified atom stereocenters. The second kappa shape index (κ2) is 9.25. The third-order valence-corrected chi connectivity index (χ3v) is 7.71. The van der Waals surface area contributed by atoms with Crippen LogP contribution < -0.4 is 10.6 Å². The van der Waals surface area contributed by atoms with Gasteiger partial charge in [0.1, 0.15) is 17.5 Å². The van der Waals surface area contributed by atoms with Crippen molar-refractivity contribution in [2.24, 2.45) is 0 Å². The Balaban J connectivity index is 1.31. The first-order chi connectivity index (χ1) is 19.1. The Morgan fingerprint density at radius 2 is 1.87 bits per heavy atom. The summed E-state index contributed by atoms with van der Waals surface area (Å²) in [4.78, 5) is 21.5. The summed E-state index contributed by atoms with van der Waals surface area (Å²) in [5, 5.41) is 9.24. The molecular weight excluding hydrogens is 492 g/mol. The first-order valence-corrected chi connectivity index (χ1v) is 13.1. The van der Waals surface area contributed by atoms with Gasteiger partial charge in [-0.2, -0.15) is 10.2 Å². The Bertz CT molecular complexity index is 1670. The van der Waals surface area contributed by atoms with Crippen LogP contribution in [0.1, 0.15) is 18.9 Å². The number of ether oxygens (including phenoxy) is 1. The first-order valence-electron chi connectivity index (χ1n) is 13.1. The maximum Gasteiger partial charge on any atom is 0.274 e. The van der Waals surface area contributed by atoms with E-state index in [0.717, 1.165) is 65.5 Å². The van der Waals surface area contributed by atoms with E-state index in [1.807, 2.05) is 69.1 Å². The highest BCUT2D eigenvalue weighted by Crippen LogP contribution is 2.38. The number of hydrogen-bond acceptors (Lipinski definition) is 7. The highest BCUT2D eigenvalue weighted by Gasteiger charge is 2.32. The second-order valence-corrected chi connectivity index (χ2v) is 9.91. The molecule has 3 aliphatic rings. The van der Waals surface area contributed by atoms with Gasteiger partial charge in [-0.3, -0.25) is 9.48 Å². The lowest BCUT2D eigenvalue weighted by atomic mass is 10.1. The third kappa shape index (κ3) is 3.83. The van der Waals surface area contributed by atoms with Gasteiger partial charge < -0.3 is 20.3 Å². The highest BCUT2D eigenvalue weighted by atomic mass is 16.5. The number of carbonyl (C=O) groups excluding carboxylic acids is 1. The van der Waals surface area contributed by atoms with Crippen LogP contribution in [0.25, 0.3) is 28.0 Å². The SMILES string of the molecule is C=C1C=CC=C2C(=O)N(c3cccc(-c4cc(-c5ccnn5C5CCOCC5)c5c(N)ncnn45)c3)CCN12. The van der Waals surface area contributed by atoms with Crippen molar-refractivity contribution in [2.75, 3.05) is 36.9 Å². The van der Waals surface area contributed by atoms with E-state index in [2.05, 4.69) is 32.5 Å². The number of hydrogen-bond donors (Lipinski definition) is 1. The van der Waals surface area contributed by atoms with Gasteiger partial charge in [0.15, 0.2) is 5.82 Å². The molecule has 2 fully saturated rings. The van der Waals surface area contributed by atoms with Crippen LogP contribution >= 0.6 is 0 Å². The maximum absolute atomic E-state index is 13.4. The molecule has 1 amide bonds. The number of fused-ring (bicyclic) bond motifs is 2. The molecule has 7 rings (SSSR count). The Kier molecular flexibility index (Phi) is 5.55. The molecule has 0 aliphatic carbocycles. The van der Waals surface area contributed by atoms with Gasteiger partial charge in [-0.25, -0.2) is 9.50 Å². The van der Waals surface area contributed by atoms with Crippen LogP contribution in [0.2, 0.25) is 0 Å². The number of nitrogens with two attached hydrogens (primary N) is 1. The smallest absolute Gasteiger partial charge is 0.274 e. The van der Waals surface area contributed by atoms with Crippen LogP contribution in [0.3, 0.4) is 0 Å². The lowest BCUT2D eigenvalue weighted by molar-refractivity contribution is -0.117. The van der Waals surface area contributed by atoms with Gasteiger partial charge in [0.05, 0.1) is 17.4 Å². The zero-order chi connectivity index (χ0) is 26.5. The summed E-state index contributed by atoms with van der Waals surface area (Å²) in [6.45, 7) is 6.76. The molecule has 6 heterocycles. The van der Waals surface area contributed by atoms with Gasteiger partial charge in [0.2, 0.25) is 0 Å². The van der Waals surface area contributed by atoms with Crippen molar-refractivity contribution >= 4 is 22.9 Å². The molecule has 0 bridgehead atoms. The zero-order valence-electron chi connectivity index (χ0n) is 21.4. The van der Waals surface area contributed by atoms with Gasteiger partial charge >= 0.3 is 0 Å². The fourth-order valence-corrected chi connectivity index (χ4v) is 5.77. The fourth-order valence-electron chi connectivity index (χ4n) is 5.77. The van der Waals surface area contributed by atoms with Crippen molar-refractivity contribution in [1.82, 2.24) is 29.3 Å². The van der Waals surface area contributed by atoms with Crippen LogP contribution in [0.5, 0.6) is 0 Å². The lowest BCUT2D eigenvalue weighted by Crippen LogP contribution is -2.48. The molecule has 4 aromatic rings. The van der Waals surface area contributed by atoms with Crippen molar-refractivity contribution in [1.29, 1.82) is 0 Å². The van der Waals surface area contributed by atoms with E-state index in [1.165, 1.54) is 6.33 Å². The van der Waals surface area contributed by atoms with Crippen molar-refractivity contribution in [3.8, 4) is 22.5 Å². The molecule has 3 aromatic heterocycles. The molecule has 1 aromatic carbocycles. The molecule has 0 atom stereocenters. The predicted molar refractivity (Wildman–Crippen MR) is 149 cm³/mol. The number of nitrogens with zero attached hydrogens (tertiary/aromatic N) is 7. The van der Waals surface area contributed by atoms with E-state index < -0.39 is 0 Å². The van der Waals surface area contributed by atoms with E-state index in [4.69, 9.17) is 10.5 Å². The van der Waals surface area contributed by atoms with E-state index in [1.54, 1.807) is 0 Å². The molecule has 196 valence electrons. The van der Waals surface area contributed by atoms with Crippen molar-refractivity contribution < 1.29 is 9.53 Å². The molecule has 0 radical (unpaired) electrons. The van der Waals surface area contributed by atoms with Crippen molar-refractivity contribution in [3.05, 3.63) is 85.1 Å². The molecule has 0 saturated carbocycles. The number of carbonyl (C=O) groups is 1. The van der Waals surface area contributed by atoms with Gasteiger partial charge in [-0.05, 0) is 49.3 Å². The second-order valence-electron chi connectivity index (χ2n) is 9.91. The predicted octanol–water partition coefficient (Wildman–Crippen LogP) is 3.81. The molecule has 2 saturated heterocycles. The summed E-state index contributed by atoms with van der Waals surface area (Å²) < 4.78 is 9.47. The van der Waals surface area contributed by atoms with Crippen molar-refractivity contribution in [3.63, 3.8) is 0 Å². The largest absolute Gasteiger partial charge is 0.382 e. The minimum atomic E-state index is -0.0449. The summed E-state index contributed by atoms with van der Waals surface area (Å²) in [5.74, 6) is 0.350. The summed E-state index contributed by atoms with van der Waals surface area (Å²) in [6.07, 6.45) is 10.7. The summed E-state index contributed by atoms with van der Waals surface area (Å²) in [6, 6.07) is 12.3. The summed E-state index contributed by atoms with van der Waals surface area (Å²) >= 11 is 0. The quantitative estimate of drug-likeness (QED) is 0.436. The summed E-state index contributed by atoms with van der Waals surface area (Å²) in [5.41, 5.74) is 13.1. The Labute approximate surface area is 225 Å². The van der Waals surface area contributed by atoms with Gasteiger partial charge in [0, 0.05) is 55.0 Å². The van der Waals surface area contributed by atoms with E-state index in [0.29, 0.717) is 24.6 Å². The Hall–Kier alpha value is -4.70. The number of allylic oxidation sites excluding steroid dienone is 3. The minimum absolute atomic E-state index is 0.0449. The number of piperazine rings is 1. The van der Waals surface area contributed by atoms with Crippen LogP contribution in [0.15, 0.2) is 85.1 Å². The maximum atomic E-state index is 13.4. The van der Waals surface area contributed by atoms with Gasteiger partial charge in [0.25, 0.3) is 5.91 Å². The molecule has 10 heteroatoms. The number of nitrogen functional groups attached to an aromatic ring is 1. The normalized spacial score (nSPS) is 18.1. The molecule has 39 heavy (non-hydrogen) atoms. The highest BCUT2D eigenvalue weighted by molar-refractivity contribution is 6.07. The van der Waals surface area contributed by atoms with Crippen LogP contribution in [-0.2, 0) is 9.53 Å². The number of anilines is 2.